The van der Waals surface area contributed by atoms with Crippen LogP contribution in [0.5, 0.6) is 5.75 Å². The second-order valence-corrected chi connectivity index (χ2v) is 8.50. The SMILES string of the molecule is COc1ccc(CNC(=O)c2ccc(Cl)c(NS(=O)(=O)c3ccc(F)cc3)c2)cc1F. The topological polar surface area (TPSA) is 84.5 Å². The average molecular weight is 467 g/mol. The van der Waals surface area contributed by atoms with E-state index in [1.165, 1.54) is 37.4 Å². The minimum Gasteiger partial charge on any atom is -0.494 e. The van der Waals surface area contributed by atoms with E-state index in [0.717, 1.165) is 24.3 Å². The van der Waals surface area contributed by atoms with Crippen LogP contribution < -0.4 is 14.8 Å². The molecular formula is C21H17ClF2N2O4S. The van der Waals surface area contributed by atoms with E-state index in [4.69, 9.17) is 16.3 Å². The second-order valence-electron chi connectivity index (χ2n) is 6.41. The molecule has 6 nitrogen and oxygen atoms in total. The van der Waals surface area contributed by atoms with Gasteiger partial charge in [0, 0.05) is 12.1 Å². The molecule has 3 aromatic carbocycles. The Hall–Kier alpha value is -3.17. The van der Waals surface area contributed by atoms with Gasteiger partial charge >= 0.3 is 0 Å². The van der Waals surface area contributed by atoms with Crippen molar-refractivity contribution in [3.05, 3.63) is 88.4 Å². The van der Waals surface area contributed by atoms with Crippen LogP contribution in [0.1, 0.15) is 15.9 Å². The van der Waals surface area contributed by atoms with Gasteiger partial charge in [0.1, 0.15) is 5.82 Å². The number of benzene rings is 3. The van der Waals surface area contributed by atoms with Crippen LogP contribution in [-0.4, -0.2) is 21.4 Å². The Morgan fingerprint density at radius 3 is 2.39 bits per heavy atom. The summed E-state index contributed by atoms with van der Waals surface area (Å²) in [6.45, 7) is 0.0407. The molecule has 10 heteroatoms. The summed E-state index contributed by atoms with van der Waals surface area (Å²) in [5, 5.41) is 2.69. The van der Waals surface area contributed by atoms with Gasteiger partial charge in [0.2, 0.25) is 0 Å². The number of halogens is 3. The number of sulfonamides is 1. The van der Waals surface area contributed by atoms with Gasteiger partial charge in [0.25, 0.3) is 15.9 Å². The highest BCUT2D eigenvalue weighted by Crippen LogP contribution is 2.26. The first-order valence-electron chi connectivity index (χ1n) is 8.88. The molecule has 0 radical (unpaired) electrons. The Morgan fingerprint density at radius 2 is 1.74 bits per heavy atom. The number of hydrogen-bond donors (Lipinski definition) is 2. The molecule has 0 spiro atoms. The number of carbonyl (C=O) groups is 1. The highest BCUT2D eigenvalue weighted by atomic mass is 35.5. The molecule has 3 rings (SSSR count). The molecule has 3 aromatic rings. The molecule has 0 fully saturated rings. The second kappa shape index (κ2) is 9.32. The average Bonchev–Trinajstić information content (AvgIpc) is 2.74. The third kappa shape index (κ3) is 5.50. The first kappa shape index (κ1) is 22.5. The summed E-state index contributed by atoms with van der Waals surface area (Å²) in [6.07, 6.45) is 0. The summed E-state index contributed by atoms with van der Waals surface area (Å²) in [7, 11) is -2.70. The van der Waals surface area contributed by atoms with Crippen molar-refractivity contribution in [3.63, 3.8) is 0 Å². The molecule has 0 bridgehead atoms. The highest BCUT2D eigenvalue weighted by molar-refractivity contribution is 7.92. The molecule has 2 N–H and O–H groups in total. The van der Waals surface area contributed by atoms with Gasteiger partial charge in [-0.05, 0) is 60.2 Å². The van der Waals surface area contributed by atoms with E-state index in [1.54, 1.807) is 6.07 Å². The number of amides is 1. The minimum atomic E-state index is -4.05. The fourth-order valence-corrected chi connectivity index (χ4v) is 3.96. The number of methoxy groups -OCH3 is 1. The number of rotatable bonds is 7. The lowest BCUT2D eigenvalue weighted by atomic mass is 10.1. The van der Waals surface area contributed by atoms with Crippen LogP contribution >= 0.6 is 11.6 Å². The molecular weight excluding hydrogens is 450 g/mol. The van der Waals surface area contributed by atoms with Crippen LogP contribution in [0.25, 0.3) is 0 Å². The van der Waals surface area contributed by atoms with E-state index >= 15 is 0 Å². The number of hydrogen-bond acceptors (Lipinski definition) is 4. The third-order valence-electron chi connectivity index (χ3n) is 4.27. The summed E-state index contributed by atoms with van der Waals surface area (Å²) in [6, 6.07) is 12.6. The summed E-state index contributed by atoms with van der Waals surface area (Å²) in [4.78, 5) is 12.3. The lowest BCUT2D eigenvalue weighted by Gasteiger charge is -2.12. The van der Waals surface area contributed by atoms with Crippen molar-refractivity contribution in [3.8, 4) is 5.75 Å². The van der Waals surface area contributed by atoms with Gasteiger partial charge in [-0.2, -0.15) is 0 Å². The Labute approximate surface area is 182 Å². The molecule has 0 atom stereocenters. The highest BCUT2D eigenvalue weighted by Gasteiger charge is 2.17. The Morgan fingerprint density at radius 1 is 1.03 bits per heavy atom. The molecule has 162 valence electrons. The Bertz CT molecular complexity index is 1220. The quantitative estimate of drug-likeness (QED) is 0.542. The largest absolute Gasteiger partial charge is 0.494 e. The van der Waals surface area contributed by atoms with Crippen molar-refractivity contribution in [2.45, 2.75) is 11.4 Å². The molecule has 31 heavy (non-hydrogen) atoms. The van der Waals surface area contributed by atoms with Gasteiger partial charge in [0.05, 0.1) is 22.7 Å². The zero-order chi connectivity index (χ0) is 22.6. The van der Waals surface area contributed by atoms with Crippen LogP contribution in [0.15, 0.2) is 65.6 Å². The van der Waals surface area contributed by atoms with E-state index in [9.17, 15) is 22.0 Å². The fourth-order valence-electron chi connectivity index (χ4n) is 2.67. The van der Waals surface area contributed by atoms with Crippen LogP contribution in [0, 0.1) is 11.6 Å². The van der Waals surface area contributed by atoms with Crippen molar-refractivity contribution in [2.75, 3.05) is 11.8 Å². The number of anilines is 1. The van der Waals surface area contributed by atoms with Gasteiger partial charge in [0.15, 0.2) is 11.6 Å². The summed E-state index contributed by atoms with van der Waals surface area (Å²) < 4.78 is 59.0. The van der Waals surface area contributed by atoms with Crippen molar-refractivity contribution < 1.29 is 26.7 Å². The Kier molecular flexibility index (Phi) is 6.77. The van der Waals surface area contributed by atoms with Gasteiger partial charge in [-0.1, -0.05) is 17.7 Å². The van der Waals surface area contributed by atoms with E-state index in [2.05, 4.69) is 10.0 Å². The van der Waals surface area contributed by atoms with Crippen LogP contribution in [0.3, 0.4) is 0 Å². The monoisotopic (exact) mass is 466 g/mol. The van der Waals surface area contributed by atoms with Crippen molar-refractivity contribution in [1.82, 2.24) is 5.32 Å². The molecule has 0 saturated heterocycles. The molecule has 0 saturated carbocycles. The first-order chi connectivity index (χ1) is 14.7. The van der Waals surface area contributed by atoms with Gasteiger partial charge in [-0.25, -0.2) is 17.2 Å². The van der Waals surface area contributed by atoms with E-state index in [1.807, 2.05) is 0 Å². The minimum absolute atomic E-state index is 0.0193. The van der Waals surface area contributed by atoms with Crippen LogP contribution in [0.4, 0.5) is 14.5 Å². The normalized spacial score (nSPS) is 11.1. The maximum absolute atomic E-state index is 13.8. The summed E-state index contributed by atoms with van der Waals surface area (Å²) >= 11 is 6.07. The predicted octanol–water partition coefficient (Wildman–Crippen LogP) is 4.36. The number of carbonyl (C=O) groups excluding carboxylic acids is 1. The van der Waals surface area contributed by atoms with E-state index < -0.39 is 27.6 Å². The maximum atomic E-state index is 13.8. The van der Waals surface area contributed by atoms with Crippen LogP contribution in [-0.2, 0) is 16.6 Å². The molecule has 0 aliphatic carbocycles. The number of ether oxygens (including phenoxy) is 1. The zero-order valence-corrected chi connectivity index (χ0v) is 17.7. The molecule has 0 unspecified atom stereocenters. The molecule has 0 aromatic heterocycles. The van der Waals surface area contributed by atoms with Crippen LogP contribution in [0.2, 0.25) is 5.02 Å². The summed E-state index contributed by atoms with van der Waals surface area (Å²) in [5.41, 5.74) is 0.627. The van der Waals surface area contributed by atoms with Crippen molar-refractivity contribution in [1.29, 1.82) is 0 Å². The van der Waals surface area contributed by atoms with Gasteiger partial charge < -0.3 is 10.1 Å². The standard InChI is InChI=1S/C21H17ClF2N2O4S/c1-30-20-9-2-13(10-18(20)24)12-25-21(27)14-3-8-17(22)19(11-14)26-31(28,29)16-6-4-15(23)5-7-16/h2-11,26H,12H2,1H3,(H,25,27). The lowest BCUT2D eigenvalue weighted by molar-refractivity contribution is 0.0951. The maximum Gasteiger partial charge on any atom is 0.261 e. The molecule has 0 heterocycles. The fraction of sp³-hybridized carbons (Fsp3) is 0.0952. The molecule has 0 aliphatic rings. The predicted molar refractivity (Wildman–Crippen MR) is 113 cm³/mol. The molecule has 0 aliphatic heterocycles. The molecule has 1 amide bonds. The van der Waals surface area contributed by atoms with E-state index in [-0.39, 0.29) is 33.5 Å². The zero-order valence-electron chi connectivity index (χ0n) is 16.2. The van der Waals surface area contributed by atoms with Crippen molar-refractivity contribution >= 4 is 33.2 Å². The van der Waals surface area contributed by atoms with E-state index in [0.29, 0.717) is 5.56 Å². The smallest absolute Gasteiger partial charge is 0.261 e. The Balaban J connectivity index is 1.74. The third-order valence-corrected chi connectivity index (χ3v) is 5.98. The number of nitrogens with one attached hydrogen (secondary N) is 2. The van der Waals surface area contributed by atoms with Crippen molar-refractivity contribution in [2.24, 2.45) is 0 Å². The first-order valence-corrected chi connectivity index (χ1v) is 10.7. The summed E-state index contributed by atoms with van der Waals surface area (Å²) in [5.74, 6) is -1.56. The van der Waals surface area contributed by atoms with Gasteiger partial charge in [-0.15, -0.1) is 0 Å². The van der Waals surface area contributed by atoms with Gasteiger partial charge in [-0.3, -0.25) is 9.52 Å². The lowest BCUT2D eigenvalue weighted by Crippen LogP contribution is -2.23.